The van der Waals surface area contributed by atoms with E-state index in [1.54, 1.807) is 0 Å². The van der Waals surface area contributed by atoms with Gasteiger partial charge in [0.25, 0.3) is 0 Å². The Morgan fingerprint density at radius 1 is 0.950 bits per heavy atom. The second-order valence-corrected chi connectivity index (χ2v) is 6.30. The molecule has 0 amide bonds. The van der Waals surface area contributed by atoms with Gasteiger partial charge < -0.3 is 0 Å². The maximum atomic E-state index is 13.2. The van der Waals surface area contributed by atoms with Crippen LogP contribution in [0.15, 0.2) is 46.9 Å². The van der Waals surface area contributed by atoms with Crippen LogP contribution in [0.4, 0.5) is 8.78 Å². The maximum Gasteiger partial charge on any atom is 0.126 e. The fraction of sp³-hybridized carbons (Fsp3) is 0.250. The number of rotatable bonds is 5. The number of hydrogen-bond acceptors (Lipinski definition) is 0. The van der Waals surface area contributed by atoms with Crippen LogP contribution >= 0.6 is 31.9 Å². The summed E-state index contributed by atoms with van der Waals surface area (Å²) in [6, 6.07) is 11.7. The lowest BCUT2D eigenvalue weighted by Gasteiger charge is -2.15. The molecular formula is C16H14Br2F2. The molecule has 20 heavy (non-hydrogen) atoms. The Bertz CT molecular complexity index is 564. The van der Waals surface area contributed by atoms with E-state index in [0.29, 0.717) is 12.0 Å². The van der Waals surface area contributed by atoms with Crippen molar-refractivity contribution in [3.05, 3.63) is 69.7 Å². The van der Waals surface area contributed by atoms with E-state index in [0.717, 1.165) is 22.3 Å². The minimum absolute atomic E-state index is 0.287. The van der Waals surface area contributed by atoms with Gasteiger partial charge in [-0.05, 0) is 48.1 Å². The summed E-state index contributed by atoms with van der Waals surface area (Å²) in [7, 11) is 0. The largest absolute Gasteiger partial charge is 0.207 e. The third kappa shape index (κ3) is 4.38. The van der Waals surface area contributed by atoms with E-state index in [9.17, 15) is 8.78 Å². The highest BCUT2D eigenvalue weighted by Gasteiger charge is 2.12. The first-order valence-corrected chi connectivity index (χ1v) is 8.24. The van der Waals surface area contributed by atoms with E-state index in [1.165, 1.54) is 17.7 Å². The van der Waals surface area contributed by atoms with Gasteiger partial charge in [0, 0.05) is 15.9 Å². The summed E-state index contributed by atoms with van der Waals surface area (Å²) >= 11 is 7.02. The second-order valence-electron chi connectivity index (χ2n) is 4.80. The molecular weight excluding hydrogens is 390 g/mol. The maximum absolute atomic E-state index is 13.2. The van der Waals surface area contributed by atoms with Crippen LogP contribution < -0.4 is 0 Å². The summed E-state index contributed by atoms with van der Waals surface area (Å²) in [5.41, 5.74) is 1.90. The third-order valence-electron chi connectivity index (χ3n) is 3.13. The normalized spacial score (nSPS) is 12.4. The van der Waals surface area contributed by atoms with E-state index in [1.807, 2.05) is 18.2 Å². The average Bonchev–Trinajstić information content (AvgIpc) is 2.39. The van der Waals surface area contributed by atoms with Gasteiger partial charge in [0.15, 0.2) is 0 Å². The van der Waals surface area contributed by atoms with Gasteiger partial charge in [-0.3, -0.25) is 0 Å². The Labute approximate surface area is 134 Å². The number of halogens is 4. The van der Waals surface area contributed by atoms with Crippen molar-refractivity contribution in [1.82, 2.24) is 0 Å². The van der Waals surface area contributed by atoms with Crippen molar-refractivity contribution in [1.29, 1.82) is 0 Å². The summed E-state index contributed by atoms with van der Waals surface area (Å²) < 4.78 is 27.5. The summed E-state index contributed by atoms with van der Waals surface area (Å²) in [4.78, 5) is 0. The monoisotopic (exact) mass is 402 g/mol. The molecule has 0 fully saturated rings. The van der Waals surface area contributed by atoms with Crippen LogP contribution in [0.25, 0.3) is 0 Å². The molecule has 0 saturated carbocycles. The SMILES string of the molecule is Fc1cc(F)cc(CC(CBr)Cc2ccccc2Br)c1. The standard InChI is InChI=1S/C16H14Br2F2/c17-10-12(6-13-3-1-2-4-16(13)18)5-11-7-14(19)9-15(20)8-11/h1-4,7-9,12H,5-6,10H2. The van der Waals surface area contributed by atoms with Crippen molar-refractivity contribution in [2.24, 2.45) is 5.92 Å². The summed E-state index contributed by atoms with van der Waals surface area (Å²) in [6.07, 6.45) is 1.49. The quantitative estimate of drug-likeness (QED) is 0.576. The number of hydrogen-bond donors (Lipinski definition) is 0. The fourth-order valence-electron chi connectivity index (χ4n) is 2.22. The van der Waals surface area contributed by atoms with Crippen LogP contribution in [0.3, 0.4) is 0 Å². The van der Waals surface area contributed by atoms with Crippen molar-refractivity contribution in [3.8, 4) is 0 Å². The topological polar surface area (TPSA) is 0 Å². The lowest BCUT2D eigenvalue weighted by molar-refractivity contribution is 0.559. The molecule has 4 heteroatoms. The fourth-order valence-corrected chi connectivity index (χ4v) is 3.12. The van der Waals surface area contributed by atoms with Crippen molar-refractivity contribution < 1.29 is 8.78 Å². The van der Waals surface area contributed by atoms with Gasteiger partial charge in [0.2, 0.25) is 0 Å². The zero-order valence-corrected chi connectivity index (χ0v) is 13.9. The van der Waals surface area contributed by atoms with Gasteiger partial charge in [-0.15, -0.1) is 0 Å². The molecule has 0 N–H and O–H groups in total. The predicted molar refractivity (Wildman–Crippen MR) is 85.2 cm³/mol. The predicted octanol–water partition coefficient (Wildman–Crippen LogP) is 5.52. The molecule has 1 atom stereocenters. The molecule has 0 aliphatic heterocycles. The van der Waals surface area contributed by atoms with Crippen molar-refractivity contribution in [3.63, 3.8) is 0 Å². The van der Waals surface area contributed by atoms with E-state index in [-0.39, 0.29) is 5.92 Å². The summed E-state index contributed by atoms with van der Waals surface area (Å²) in [5.74, 6) is -0.752. The van der Waals surface area contributed by atoms with Crippen molar-refractivity contribution >= 4 is 31.9 Å². The average molecular weight is 404 g/mol. The molecule has 106 valence electrons. The van der Waals surface area contributed by atoms with Crippen LogP contribution in [-0.2, 0) is 12.8 Å². The summed E-state index contributed by atoms with van der Waals surface area (Å²) in [6.45, 7) is 0. The van der Waals surface area contributed by atoms with Gasteiger partial charge in [0.05, 0.1) is 0 Å². The third-order valence-corrected chi connectivity index (χ3v) is 4.82. The van der Waals surface area contributed by atoms with Crippen molar-refractivity contribution in [2.75, 3.05) is 5.33 Å². The molecule has 0 bridgehead atoms. The molecule has 0 spiro atoms. The lowest BCUT2D eigenvalue weighted by Crippen LogP contribution is -2.10. The Morgan fingerprint density at radius 3 is 2.20 bits per heavy atom. The van der Waals surface area contributed by atoms with Crippen LogP contribution in [0.1, 0.15) is 11.1 Å². The van der Waals surface area contributed by atoms with E-state index in [2.05, 4.69) is 37.9 Å². The van der Waals surface area contributed by atoms with Crippen LogP contribution in [0.5, 0.6) is 0 Å². The Morgan fingerprint density at radius 2 is 1.60 bits per heavy atom. The van der Waals surface area contributed by atoms with Crippen LogP contribution in [0.2, 0.25) is 0 Å². The highest BCUT2D eigenvalue weighted by atomic mass is 79.9. The van der Waals surface area contributed by atoms with Gasteiger partial charge in [-0.1, -0.05) is 50.1 Å². The Hall–Kier alpha value is -0.740. The molecule has 0 heterocycles. The van der Waals surface area contributed by atoms with E-state index in [4.69, 9.17) is 0 Å². The first kappa shape index (κ1) is 15.6. The van der Waals surface area contributed by atoms with Gasteiger partial charge in [-0.2, -0.15) is 0 Å². The highest BCUT2D eigenvalue weighted by Crippen LogP contribution is 2.23. The highest BCUT2D eigenvalue weighted by molar-refractivity contribution is 9.10. The second kappa shape index (κ2) is 7.32. The first-order valence-electron chi connectivity index (χ1n) is 6.33. The number of benzene rings is 2. The molecule has 0 aliphatic carbocycles. The lowest BCUT2D eigenvalue weighted by atomic mass is 9.94. The minimum Gasteiger partial charge on any atom is -0.207 e. The van der Waals surface area contributed by atoms with E-state index >= 15 is 0 Å². The Balaban J connectivity index is 2.11. The molecule has 0 nitrogen and oxygen atoms in total. The van der Waals surface area contributed by atoms with Gasteiger partial charge in [0.1, 0.15) is 11.6 Å². The molecule has 2 aromatic rings. The summed E-state index contributed by atoms with van der Waals surface area (Å²) in [5, 5.41) is 0.784. The molecule has 0 aromatic heterocycles. The minimum atomic E-state index is -0.519. The molecule has 1 unspecified atom stereocenters. The van der Waals surface area contributed by atoms with Gasteiger partial charge >= 0.3 is 0 Å². The van der Waals surface area contributed by atoms with Crippen LogP contribution in [-0.4, -0.2) is 5.33 Å². The molecule has 0 saturated heterocycles. The first-order chi connectivity index (χ1) is 9.58. The number of alkyl halides is 1. The molecule has 2 rings (SSSR count). The van der Waals surface area contributed by atoms with Gasteiger partial charge in [-0.25, -0.2) is 8.78 Å². The molecule has 2 aromatic carbocycles. The molecule has 0 radical (unpaired) electrons. The van der Waals surface area contributed by atoms with Crippen molar-refractivity contribution in [2.45, 2.75) is 12.8 Å². The molecule has 0 aliphatic rings. The van der Waals surface area contributed by atoms with E-state index < -0.39 is 11.6 Å². The smallest absolute Gasteiger partial charge is 0.126 e. The zero-order valence-electron chi connectivity index (χ0n) is 10.8. The van der Waals surface area contributed by atoms with Crippen LogP contribution in [0, 0.1) is 17.6 Å². The zero-order chi connectivity index (χ0) is 14.5. The Kier molecular flexibility index (Phi) is 5.73.